The molecule has 27 heavy (non-hydrogen) atoms. The third-order valence-corrected chi connectivity index (χ3v) is 4.55. The number of hydrogen-bond acceptors (Lipinski definition) is 5. The van der Waals surface area contributed by atoms with Gasteiger partial charge in [-0.15, -0.1) is 0 Å². The van der Waals surface area contributed by atoms with Crippen molar-refractivity contribution in [3.05, 3.63) is 70.0 Å². The zero-order valence-electron chi connectivity index (χ0n) is 15.4. The van der Waals surface area contributed by atoms with Crippen LogP contribution in [0.15, 0.2) is 48.5 Å². The van der Waals surface area contributed by atoms with Crippen molar-refractivity contribution in [1.29, 1.82) is 0 Å². The lowest BCUT2D eigenvalue weighted by Gasteiger charge is -2.19. The summed E-state index contributed by atoms with van der Waals surface area (Å²) >= 11 is 12.2. The molecule has 0 radical (unpaired) electrons. The Morgan fingerprint density at radius 3 is 2.19 bits per heavy atom. The molecule has 0 aliphatic rings. The van der Waals surface area contributed by atoms with E-state index in [4.69, 9.17) is 23.2 Å². The van der Waals surface area contributed by atoms with Crippen LogP contribution in [-0.2, 0) is 12.0 Å². The highest BCUT2D eigenvalue weighted by Crippen LogP contribution is 2.24. The summed E-state index contributed by atoms with van der Waals surface area (Å²) in [5.41, 5.74) is 3.18. The molecule has 2 N–H and O–H groups in total. The van der Waals surface area contributed by atoms with Crippen molar-refractivity contribution in [2.75, 3.05) is 10.6 Å². The van der Waals surface area contributed by atoms with Gasteiger partial charge in [0.2, 0.25) is 17.2 Å². The predicted molar refractivity (Wildman–Crippen MR) is 112 cm³/mol. The van der Waals surface area contributed by atoms with Crippen LogP contribution in [0.2, 0.25) is 10.3 Å². The van der Waals surface area contributed by atoms with Gasteiger partial charge in [-0.1, -0.05) is 62.7 Å². The standard InChI is InChI=1S/C20H21Cl2N5/c1-20(2,3)14-8-10-15(11-9-14)24-19-26-17(22)25-18(27-19)23-12-13-6-4-5-7-16(13)21/h4-11H,12H2,1-3H3,(H2,23,24,25,26,27). The first-order valence-corrected chi connectivity index (χ1v) is 9.33. The molecule has 0 fully saturated rings. The van der Waals surface area contributed by atoms with E-state index in [0.717, 1.165) is 11.3 Å². The Kier molecular flexibility index (Phi) is 5.82. The van der Waals surface area contributed by atoms with Gasteiger partial charge in [-0.3, -0.25) is 0 Å². The van der Waals surface area contributed by atoms with Crippen LogP contribution in [0.5, 0.6) is 0 Å². The highest BCUT2D eigenvalue weighted by atomic mass is 35.5. The van der Waals surface area contributed by atoms with Crippen LogP contribution in [0.3, 0.4) is 0 Å². The molecule has 0 atom stereocenters. The lowest BCUT2D eigenvalue weighted by atomic mass is 9.87. The molecule has 0 aliphatic heterocycles. The van der Waals surface area contributed by atoms with Gasteiger partial charge in [0.1, 0.15) is 0 Å². The zero-order valence-corrected chi connectivity index (χ0v) is 16.9. The summed E-state index contributed by atoms with van der Waals surface area (Å²) in [6.45, 7) is 7.02. The maximum atomic E-state index is 6.17. The van der Waals surface area contributed by atoms with E-state index in [-0.39, 0.29) is 10.7 Å². The molecule has 2 aromatic carbocycles. The molecule has 1 aromatic heterocycles. The number of hydrogen-bond donors (Lipinski definition) is 2. The second-order valence-electron chi connectivity index (χ2n) is 7.15. The van der Waals surface area contributed by atoms with E-state index in [1.165, 1.54) is 5.56 Å². The second kappa shape index (κ2) is 8.11. The summed E-state index contributed by atoms with van der Waals surface area (Å²) in [6, 6.07) is 15.8. The van der Waals surface area contributed by atoms with Crippen LogP contribution in [0.25, 0.3) is 0 Å². The first-order chi connectivity index (χ1) is 12.8. The average molecular weight is 402 g/mol. The van der Waals surface area contributed by atoms with Crippen LogP contribution in [0, 0.1) is 0 Å². The van der Waals surface area contributed by atoms with Crippen LogP contribution >= 0.6 is 23.2 Å². The largest absolute Gasteiger partial charge is 0.350 e. The Bertz CT molecular complexity index is 920. The van der Waals surface area contributed by atoms with E-state index >= 15 is 0 Å². The van der Waals surface area contributed by atoms with E-state index in [2.05, 4.69) is 58.5 Å². The number of benzene rings is 2. The van der Waals surface area contributed by atoms with Crippen LogP contribution in [-0.4, -0.2) is 15.0 Å². The van der Waals surface area contributed by atoms with Crippen molar-refractivity contribution in [3.63, 3.8) is 0 Å². The number of aromatic nitrogens is 3. The molecule has 3 aromatic rings. The molecule has 140 valence electrons. The molecule has 5 nitrogen and oxygen atoms in total. The van der Waals surface area contributed by atoms with Crippen molar-refractivity contribution in [2.45, 2.75) is 32.7 Å². The highest BCUT2D eigenvalue weighted by Gasteiger charge is 2.13. The maximum absolute atomic E-state index is 6.17. The average Bonchev–Trinajstić information content (AvgIpc) is 2.60. The van der Waals surface area contributed by atoms with E-state index < -0.39 is 0 Å². The van der Waals surface area contributed by atoms with Gasteiger partial charge in [0.15, 0.2) is 0 Å². The smallest absolute Gasteiger partial charge is 0.233 e. The molecular formula is C20H21Cl2N5. The summed E-state index contributed by atoms with van der Waals surface area (Å²) < 4.78 is 0. The Balaban J connectivity index is 1.72. The summed E-state index contributed by atoms with van der Waals surface area (Å²) in [6.07, 6.45) is 0. The van der Waals surface area contributed by atoms with E-state index in [9.17, 15) is 0 Å². The van der Waals surface area contributed by atoms with Crippen molar-refractivity contribution in [1.82, 2.24) is 15.0 Å². The first-order valence-electron chi connectivity index (χ1n) is 8.58. The molecular weight excluding hydrogens is 381 g/mol. The number of nitrogens with zero attached hydrogens (tertiary/aromatic N) is 3. The van der Waals surface area contributed by atoms with Crippen LogP contribution in [0.4, 0.5) is 17.6 Å². The molecule has 0 saturated carbocycles. The molecule has 7 heteroatoms. The Hall–Kier alpha value is -2.37. The molecule has 0 spiro atoms. The fraction of sp³-hybridized carbons (Fsp3) is 0.250. The van der Waals surface area contributed by atoms with Crippen molar-refractivity contribution < 1.29 is 0 Å². The molecule has 0 unspecified atom stereocenters. The summed E-state index contributed by atoms with van der Waals surface area (Å²) in [5, 5.41) is 7.08. The van der Waals surface area contributed by atoms with Crippen LogP contribution < -0.4 is 10.6 Å². The molecule has 3 rings (SSSR count). The van der Waals surface area contributed by atoms with Gasteiger partial charge in [0.25, 0.3) is 0 Å². The summed E-state index contributed by atoms with van der Waals surface area (Å²) in [5.74, 6) is 0.754. The number of halogens is 2. The highest BCUT2D eigenvalue weighted by molar-refractivity contribution is 6.31. The number of rotatable bonds is 5. The van der Waals surface area contributed by atoms with Gasteiger partial charge < -0.3 is 10.6 Å². The minimum Gasteiger partial charge on any atom is -0.350 e. The Morgan fingerprint density at radius 1 is 0.852 bits per heavy atom. The lowest BCUT2D eigenvalue weighted by Crippen LogP contribution is -2.11. The van der Waals surface area contributed by atoms with E-state index in [1.54, 1.807) is 0 Å². The van der Waals surface area contributed by atoms with Gasteiger partial charge >= 0.3 is 0 Å². The van der Waals surface area contributed by atoms with Gasteiger partial charge in [0, 0.05) is 17.3 Å². The predicted octanol–water partition coefficient (Wildman–Crippen LogP) is 5.83. The second-order valence-corrected chi connectivity index (χ2v) is 7.89. The fourth-order valence-electron chi connectivity index (χ4n) is 2.48. The van der Waals surface area contributed by atoms with Gasteiger partial charge in [-0.25, -0.2) is 0 Å². The van der Waals surface area contributed by atoms with Gasteiger partial charge in [-0.2, -0.15) is 15.0 Å². The zero-order chi connectivity index (χ0) is 19.4. The van der Waals surface area contributed by atoms with Crippen molar-refractivity contribution in [2.24, 2.45) is 0 Å². The fourth-order valence-corrected chi connectivity index (χ4v) is 2.85. The minimum atomic E-state index is 0.102. The van der Waals surface area contributed by atoms with Crippen molar-refractivity contribution >= 4 is 40.8 Å². The van der Waals surface area contributed by atoms with Crippen molar-refractivity contribution in [3.8, 4) is 0 Å². The minimum absolute atomic E-state index is 0.102. The van der Waals surface area contributed by atoms with Crippen LogP contribution in [0.1, 0.15) is 31.9 Å². The third kappa shape index (κ3) is 5.31. The molecule has 0 saturated heterocycles. The van der Waals surface area contributed by atoms with E-state index in [1.807, 2.05) is 36.4 Å². The number of nitrogens with one attached hydrogen (secondary N) is 2. The Labute approximate surface area is 169 Å². The number of anilines is 3. The lowest BCUT2D eigenvalue weighted by molar-refractivity contribution is 0.590. The molecule has 0 bridgehead atoms. The normalized spacial score (nSPS) is 11.3. The summed E-state index contributed by atoms with van der Waals surface area (Å²) in [7, 11) is 0. The molecule has 0 aliphatic carbocycles. The summed E-state index contributed by atoms with van der Waals surface area (Å²) in [4.78, 5) is 12.6. The maximum Gasteiger partial charge on any atom is 0.233 e. The van der Waals surface area contributed by atoms with E-state index in [0.29, 0.717) is 23.5 Å². The van der Waals surface area contributed by atoms with Gasteiger partial charge in [-0.05, 0) is 46.3 Å². The SMILES string of the molecule is CC(C)(C)c1ccc(Nc2nc(Cl)nc(NCc3ccccc3Cl)n2)cc1. The molecule has 1 heterocycles. The Morgan fingerprint density at radius 2 is 1.52 bits per heavy atom. The monoisotopic (exact) mass is 401 g/mol. The topological polar surface area (TPSA) is 62.7 Å². The quantitative estimate of drug-likeness (QED) is 0.562. The third-order valence-electron chi connectivity index (χ3n) is 4.01. The molecule has 0 amide bonds. The van der Waals surface area contributed by atoms with Gasteiger partial charge in [0.05, 0.1) is 0 Å². The first kappa shape index (κ1) is 19.4.